The molecule has 0 unspecified atom stereocenters. The van der Waals surface area contributed by atoms with E-state index < -0.39 is 5.97 Å². The maximum Gasteiger partial charge on any atom is 0.343 e. The Balaban J connectivity index is 1.58. The Kier molecular flexibility index (Phi) is 6.00. The molecule has 32 heavy (non-hydrogen) atoms. The molecule has 3 aromatic heterocycles. The molecule has 1 N–H and O–H groups in total. The van der Waals surface area contributed by atoms with Crippen LogP contribution in [0.3, 0.4) is 0 Å². The van der Waals surface area contributed by atoms with Crippen LogP contribution < -0.4 is 10.1 Å². The van der Waals surface area contributed by atoms with Gasteiger partial charge in [0.25, 0.3) is 5.91 Å². The van der Waals surface area contributed by atoms with Crippen molar-refractivity contribution in [2.24, 2.45) is 0 Å². The number of hydrogen-bond acceptors (Lipinski definition) is 7. The number of ether oxygens (including phenoxy) is 2. The molecule has 0 saturated carbocycles. The van der Waals surface area contributed by atoms with Crippen LogP contribution in [0.1, 0.15) is 26.3 Å². The highest BCUT2D eigenvalue weighted by molar-refractivity contribution is 6.31. The van der Waals surface area contributed by atoms with Gasteiger partial charge in [-0.05, 0) is 35.9 Å². The predicted molar refractivity (Wildman–Crippen MR) is 117 cm³/mol. The first-order valence-electron chi connectivity index (χ1n) is 9.48. The third-order valence-electron chi connectivity index (χ3n) is 4.74. The highest BCUT2D eigenvalue weighted by Crippen LogP contribution is 2.28. The second-order valence-corrected chi connectivity index (χ2v) is 7.17. The number of nitrogens with zero attached hydrogens (tertiary/aromatic N) is 4. The molecule has 0 aliphatic heterocycles. The van der Waals surface area contributed by atoms with E-state index in [1.165, 1.54) is 20.4 Å². The van der Waals surface area contributed by atoms with Crippen molar-refractivity contribution >= 4 is 34.4 Å². The van der Waals surface area contributed by atoms with E-state index in [0.717, 1.165) is 0 Å². The molecule has 0 aliphatic carbocycles. The van der Waals surface area contributed by atoms with Crippen molar-refractivity contribution in [1.29, 1.82) is 0 Å². The molecule has 0 saturated heterocycles. The number of halogens is 1. The molecule has 0 spiro atoms. The zero-order chi connectivity index (χ0) is 22.7. The number of esters is 1. The first kappa shape index (κ1) is 21.3. The Morgan fingerprint density at radius 2 is 2.03 bits per heavy atom. The van der Waals surface area contributed by atoms with Crippen LogP contribution >= 0.6 is 11.6 Å². The molecule has 162 valence electrons. The lowest BCUT2D eigenvalue weighted by atomic mass is 10.1. The SMILES string of the molecule is COC(=O)c1cc2cc(Cl)cc(CNC(=O)c3ccc(-n4ccnc4)nc3)c2nc1OC. The number of pyridine rings is 2. The normalized spacial score (nSPS) is 10.7. The average molecular weight is 452 g/mol. The molecule has 4 aromatic rings. The van der Waals surface area contributed by atoms with Crippen LogP contribution in [0.15, 0.2) is 55.2 Å². The van der Waals surface area contributed by atoms with Crippen LogP contribution in [-0.4, -0.2) is 45.6 Å². The summed E-state index contributed by atoms with van der Waals surface area (Å²) in [6, 6.07) is 8.39. The third-order valence-corrected chi connectivity index (χ3v) is 4.96. The first-order chi connectivity index (χ1) is 15.5. The maximum absolute atomic E-state index is 12.6. The van der Waals surface area contributed by atoms with E-state index in [-0.39, 0.29) is 23.9 Å². The number of nitrogens with one attached hydrogen (secondary N) is 1. The quantitative estimate of drug-likeness (QED) is 0.448. The van der Waals surface area contributed by atoms with Crippen LogP contribution in [0.25, 0.3) is 16.7 Å². The molecule has 9 nitrogen and oxygen atoms in total. The van der Waals surface area contributed by atoms with Gasteiger partial charge in [0, 0.05) is 35.5 Å². The van der Waals surface area contributed by atoms with Crippen molar-refractivity contribution in [1.82, 2.24) is 24.8 Å². The Hall–Kier alpha value is -3.98. The molecule has 1 aromatic carbocycles. The number of aromatic nitrogens is 4. The fraction of sp³-hybridized carbons (Fsp3) is 0.136. The van der Waals surface area contributed by atoms with Gasteiger partial charge in [0.2, 0.25) is 5.88 Å². The minimum absolute atomic E-state index is 0.124. The molecule has 4 rings (SSSR count). The van der Waals surface area contributed by atoms with Gasteiger partial charge >= 0.3 is 5.97 Å². The summed E-state index contributed by atoms with van der Waals surface area (Å²) >= 11 is 6.26. The molecule has 1 amide bonds. The number of imidazole rings is 1. The average Bonchev–Trinajstić information content (AvgIpc) is 3.36. The topological polar surface area (TPSA) is 108 Å². The molecular weight excluding hydrogens is 434 g/mol. The summed E-state index contributed by atoms with van der Waals surface area (Å²) < 4.78 is 11.8. The van der Waals surface area contributed by atoms with Crippen LogP contribution in [0, 0.1) is 0 Å². The summed E-state index contributed by atoms with van der Waals surface area (Å²) in [5.74, 6) is -0.102. The highest BCUT2D eigenvalue weighted by Gasteiger charge is 2.18. The van der Waals surface area contributed by atoms with Crippen molar-refractivity contribution in [2.45, 2.75) is 6.54 Å². The van der Waals surface area contributed by atoms with Crippen molar-refractivity contribution < 1.29 is 19.1 Å². The Labute approximate surface area is 188 Å². The van der Waals surface area contributed by atoms with Gasteiger partial charge in [0.1, 0.15) is 17.7 Å². The lowest BCUT2D eigenvalue weighted by molar-refractivity contribution is 0.0596. The maximum atomic E-state index is 12.6. The Morgan fingerprint density at radius 3 is 2.69 bits per heavy atom. The molecule has 0 aliphatic rings. The number of amides is 1. The van der Waals surface area contributed by atoms with Crippen LogP contribution in [-0.2, 0) is 11.3 Å². The predicted octanol–water partition coefficient (Wildman–Crippen LogP) is 3.19. The molecule has 0 fully saturated rings. The van der Waals surface area contributed by atoms with Gasteiger partial charge in [0.05, 0.1) is 25.3 Å². The third kappa shape index (κ3) is 4.23. The smallest absolute Gasteiger partial charge is 0.343 e. The van der Waals surface area contributed by atoms with Crippen LogP contribution in [0.5, 0.6) is 5.88 Å². The van der Waals surface area contributed by atoms with Gasteiger partial charge in [-0.25, -0.2) is 19.7 Å². The summed E-state index contributed by atoms with van der Waals surface area (Å²) in [6.07, 6.45) is 6.53. The molecular formula is C22H18ClN5O4. The summed E-state index contributed by atoms with van der Waals surface area (Å²) in [6.45, 7) is 0.160. The zero-order valence-corrected chi connectivity index (χ0v) is 18.0. The van der Waals surface area contributed by atoms with E-state index in [4.69, 9.17) is 21.1 Å². The molecule has 10 heteroatoms. The van der Waals surface area contributed by atoms with Crippen molar-refractivity contribution in [3.63, 3.8) is 0 Å². The van der Waals surface area contributed by atoms with Crippen molar-refractivity contribution in [3.05, 3.63) is 77.0 Å². The van der Waals surface area contributed by atoms with Gasteiger partial charge in [-0.2, -0.15) is 0 Å². The van der Waals surface area contributed by atoms with E-state index in [0.29, 0.717) is 32.9 Å². The van der Waals surface area contributed by atoms with E-state index in [1.807, 2.05) is 0 Å². The van der Waals surface area contributed by atoms with E-state index in [9.17, 15) is 9.59 Å². The number of fused-ring (bicyclic) bond motifs is 1. The fourth-order valence-electron chi connectivity index (χ4n) is 3.20. The largest absolute Gasteiger partial charge is 0.480 e. The number of carbonyl (C=O) groups excluding carboxylic acids is 2. The summed E-state index contributed by atoms with van der Waals surface area (Å²) in [5, 5.41) is 3.91. The number of benzene rings is 1. The van der Waals surface area contributed by atoms with Crippen LogP contribution in [0.4, 0.5) is 0 Å². The second kappa shape index (κ2) is 9.03. The lowest BCUT2D eigenvalue weighted by Gasteiger charge is -2.12. The van der Waals surface area contributed by atoms with Crippen LogP contribution in [0.2, 0.25) is 5.02 Å². The highest BCUT2D eigenvalue weighted by atomic mass is 35.5. The van der Waals surface area contributed by atoms with Gasteiger partial charge in [-0.15, -0.1) is 0 Å². The van der Waals surface area contributed by atoms with Gasteiger partial charge < -0.3 is 14.8 Å². The van der Waals surface area contributed by atoms with Crippen molar-refractivity contribution in [2.75, 3.05) is 14.2 Å². The second-order valence-electron chi connectivity index (χ2n) is 6.73. The number of methoxy groups -OCH3 is 2. The minimum Gasteiger partial charge on any atom is -0.480 e. The minimum atomic E-state index is -0.572. The first-order valence-corrected chi connectivity index (χ1v) is 9.86. The number of hydrogen-bond donors (Lipinski definition) is 1. The summed E-state index contributed by atoms with van der Waals surface area (Å²) in [7, 11) is 2.69. The van der Waals surface area contributed by atoms with Gasteiger partial charge in [-0.3, -0.25) is 9.36 Å². The standard InChI is InChI=1S/C22H18ClN5O4/c1-31-21-17(22(30)32-2)9-14-7-16(23)8-15(19(14)27-21)11-26-20(29)13-3-4-18(25-10-13)28-6-5-24-12-28/h3-10,12H,11H2,1-2H3,(H,26,29). The summed E-state index contributed by atoms with van der Waals surface area (Å²) in [4.78, 5) is 37.4. The molecule has 0 atom stereocenters. The Bertz CT molecular complexity index is 1290. The molecule has 0 bridgehead atoms. The molecule has 3 heterocycles. The van der Waals surface area contributed by atoms with Crippen molar-refractivity contribution in [3.8, 4) is 11.7 Å². The summed E-state index contributed by atoms with van der Waals surface area (Å²) in [5.41, 5.74) is 1.80. The molecule has 0 radical (unpaired) electrons. The van der Waals surface area contributed by atoms with Gasteiger partial charge in [-0.1, -0.05) is 11.6 Å². The van der Waals surface area contributed by atoms with E-state index >= 15 is 0 Å². The van der Waals surface area contributed by atoms with E-state index in [1.54, 1.807) is 53.6 Å². The Morgan fingerprint density at radius 1 is 1.19 bits per heavy atom. The number of carbonyl (C=O) groups is 2. The monoisotopic (exact) mass is 451 g/mol. The lowest BCUT2D eigenvalue weighted by Crippen LogP contribution is -2.23. The van der Waals surface area contributed by atoms with E-state index in [2.05, 4.69) is 20.3 Å². The van der Waals surface area contributed by atoms with Gasteiger partial charge in [0.15, 0.2) is 0 Å². The number of rotatable bonds is 6. The fourth-order valence-corrected chi connectivity index (χ4v) is 3.45. The zero-order valence-electron chi connectivity index (χ0n) is 17.2.